The number of hydrogen-bond acceptors (Lipinski definition) is 3. The first-order valence-electron chi connectivity index (χ1n) is 7.05. The summed E-state index contributed by atoms with van der Waals surface area (Å²) in [4.78, 5) is 12.6. The van der Waals surface area contributed by atoms with Gasteiger partial charge in [-0.2, -0.15) is 0 Å². The highest BCUT2D eigenvalue weighted by Crippen LogP contribution is 2.17. The summed E-state index contributed by atoms with van der Waals surface area (Å²) in [7, 11) is -3.22. The van der Waals surface area contributed by atoms with Crippen molar-refractivity contribution in [3.05, 3.63) is 59.2 Å². The maximum absolute atomic E-state index is 12.3. The van der Waals surface area contributed by atoms with Gasteiger partial charge in [-0.1, -0.05) is 24.6 Å². The third kappa shape index (κ3) is 3.54. The summed E-state index contributed by atoms with van der Waals surface area (Å²) in [6.07, 6.45) is 0. The van der Waals surface area contributed by atoms with Gasteiger partial charge in [0.05, 0.1) is 10.6 Å². The van der Waals surface area contributed by atoms with Crippen molar-refractivity contribution in [1.82, 2.24) is 0 Å². The van der Waals surface area contributed by atoms with Gasteiger partial charge in [-0.3, -0.25) is 4.79 Å². The standard InChI is InChI=1S/C17H19NO3S/c1-4-22(20,21)15-9-7-14(8-10-15)18-17(19)16-11-12(2)5-6-13(16)3/h5-11H,4H2,1-3H3,(H,18,19). The van der Waals surface area contributed by atoms with Crippen LogP contribution in [0.25, 0.3) is 0 Å². The van der Waals surface area contributed by atoms with E-state index in [0.717, 1.165) is 11.1 Å². The van der Waals surface area contributed by atoms with Crippen molar-refractivity contribution in [2.24, 2.45) is 0 Å². The molecular formula is C17H19NO3S. The number of rotatable bonds is 4. The van der Waals surface area contributed by atoms with Gasteiger partial charge in [0.25, 0.3) is 5.91 Å². The molecule has 1 amide bonds. The number of sulfone groups is 1. The lowest BCUT2D eigenvalue weighted by molar-refractivity contribution is 0.102. The lowest BCUT2D eigenvalue weighted by Crippen LogP contribution is -2.13. The molecule has 0 bridgehead atoms. The maximum atomic E-state index is 12.3. The van der Waals surface area contributed by atoms with E-state index in [1.807, 2.05) is 32.0 Å². The van der Waals surface area contributed by atoms with Crippen LogP contribution in [0.1, 0.15) is 28.4 Å². The molecular weight excluding hydrogens is 298 g/mol. The molecule has 2 rings (SSSR count). The molecule has 0 saturated heterocycles. The topological polar surface area (TPSA) is 63.2 Å². The van der Waals surface area contributed by atoms with Crippen LogP contribution in [0.3, 0.4) is 0 Å². The van der Waals surface area contributed by atoms with Gasteiger partial charge >= 0.3 is 0 Å². The Kier molecular flexibility index (Phi) is 4.66. The highest BCUT2D eigenvalue weighted by molar-refractivity contribution is 7.91. The molecule has 5 heteroatoms. The van der Waals surface area contributed by atoms with Crippen molar-refractivity contribution < 1.29 is 13.2 Å². The number of amides is 1. The number of benzene rings is 2. The molecule has 0 aliphatic rings. The number of carbonyl (C=O) groups excluding carboxylic acids is 1. The molecule has 0 atom stereocenters. The Labute approximate surface area is 131 Å². The number of anilines is 1. The fourth-order valence-corrected chi connectivity index (χ4v) is 2.98. The molecule has 0 spiro atoms. The first kappa shape index (κ1) is 16.2. The summed E-state index contributed by atoms with van der Waals surface area (Å²) in [5.41, 5.74) is 3.10. The lowest BCUT2D eigenvalue weighted by Gasteiger charge is -2.09. The molecule has 4 nitrogen and oxygen atoms in total. The highest BCUT2D eigenvalue weighted by atomic mass is 32.2. The van der Waals surface area contributed by atoms with Crippen LogP contribution < -0.4 is 5.32 Å². The monoisotopic (exact) mass is 317 g/mol. The zero-order valence-corrected chi connectivity index (χ0v) is 13.7. The number of carbonyl (C=O) groups is 1. The van der Waals surface area contributed by atoms with Gasteiger partial charge in [0.15, 0.2) is 9.84 Å². The summed E-state index contributed by atoms with van der Waals surface area (Å²) >= 11 is 0. The number of nitrogens with one attached hydrogen (secondary N) is 1. The quantitative estimate of drug-likeness (QED) is 0.940. The summed E-state index contributed by atoms with van der Waals surface area (Å²) in [6, 6.07) is 11.9. The summed E-state index contributed by atoms with van der Waals surface area (Å²) in [6.45, 7) is 5.41. The second-order valence-corrected chi connectivity index (χ2v) is 7.48. The first-order chi connectivity index (χ1) is 10.3. The average Bonchev–Trinajstić information content (AvgIpc) is 2.50. The average molecular weight is 317 g/mol. The predicted octanol–water partition coefficient (Wildman–Crippen LogP) is 3.35. The third-order valence-corrected chi connectivity index (χ3v) is 5.24. The van der Waals surface area contributed by atoms with Crippen molar-refractivity contribution >= 4 is 21.4 Å². The van der Waals surface area contributed by atoms with Gasteiger partial charge in [-0.05, 0) is 49.7 Å². The molecule has 0 heterocycles. The SMILES string of the molecule is CCS(=O)(=O)c1ccc(NC(=O)c2cc(C)ccc2C)cc1. The van der Waals surface area contributed by atoms with Crippen LogP contribution in [-0.4, -0.2) is 20.1 Å². The van der Waals surface area contributed by atoms with Gasteiger partial charge in [0.1, 0.15) is 0 Å². The van der Waals surface area contributed by atoms with Gasteiger partial charge in [-0.15, -0.1) is 0 Å². The smallest absolute Gasteiger partial charge is 0.255 e. The minimum atomic E-state index is -3.22. The number of aryl methyl sites for hydroxylation is 2. The summed E-state index contributed by atoms with van der Waals surface area (Å²) in [5, 5.41) is 2.79. The molecule has 0 aliphatic heterocycles. The predicted molar refractivity (Wildman–Crippen MR) is 88.0 cm³/mol. The van der Waals surface area contributed by atoms with Gasteiger partial charge in [0.2, 0.25) is 0 Å². The minimum absolute atomic E-state index is 0.0567. The second-order valence-electron chi connectivity index (χ2n) is 5.20. The third-order valence-electron chi connectivity index (χ3n) is 3.49. The molecule has 0 aromatic heterocycles. The maximum Gasteiger partial charge on any atom is 0.255 e. The van der Waals surface area contributed by atoms with Gasteiger partial charge in [-0.25, -0.2) is 8.42 Å². The van der Waals surface area contributed by atoms with E-state index in [2.05, 4.69) is 5.32 Å². The molecule has 0 unspecified atom stereocenters. The van der Waals surface area contributed by atoms with E-state index < -0.39 is 9.84 Å². The van der Waals surface area contributed by atoms with E-state index >= 15 is 0 Å². The lowest BCUT2D eigenvalue weighted by atomic mass is 10.1. The van der Waals surface area contributed by atoms with E-state index in [0.29, 0.717) is 11.3 Å². The molecule has 0 fully saturated rings. The molecule has 22 heavy (non-hydrogen) atoms. The summed E-state index contributed by atoms with van der Waals surface area (Å²) < 4.78 is 23.5. The molecule has 0 saturated carbocycles. The van der Waals surface area contributed by atoms with Crippen LogP contribution in [0.4, 0.5) is 5.69 Å². The number of hydrogen-bond donors (Lipinski definition) is 1. The fraction of sp³-hybridized carbons (Fsp3) is 0.235. The zero-order chi connectivity index (χ0) is 16.3. The minimum Gasteiger partial charge on any atom is -0.322 e. The molecule has 0 radical (unpaired) electrons. The van der Waals surface area contributed by atoms with E-state index in [1.54, 1.807) is 19.1 Å². The molecule has 2 aromatic carbocycles. The van der Waals surface area contributed by atoms with Crippen molar-refractivity contribution in [2.75, 3.05) is 11.1 Å². The van der Waals surface area contributed by atoms with E-state index in [4.69, 9.17) is 0 Å². The van der Waals surface area contributed by atoms with Gasteiger partial charge < -0.3 is 5.32 Å². The normalized spacial score (nSPS) is 11.2. The van der Waals surface area contributed by atoms with E-state index in [-0.39, 0.29) is 16.6 Å². The largest absolute Gasteiger partial charge is 0.322 e. The van der Waals surface area contributed by atoms with E-state index in [1.165, 1.54) is 12.1 Å². The fourth-order valence-electron chi connectivity index (χ4n) is 2.09. The van der Waals surface area contributed by atoms with Crippen molar-refractivity contribution in [2.45, 2.75) is 25.7 Å². The Morgan fingerprint density at radius 3 is 2.27 bits per heavy atom. The molecule has 0 aliphatic carbocycles. The molecule has 1 N–H and O–H groups in total. The Hall–Kier alpha value is -2.14. The Balaban J connectivity index is 2.21. The van der Waals surface area contributed by atoms with Crippen LogP contribution in [0.2, 0.25) is 0 Å². The Bertz CT molecular complexity index is 793. The van der Waals surface area contributed by atoms with Crippen molar-refractivity contribution in [3.8, 4) is 0 Å². The Morgan fingerprint density at radius 1 is 1.05 bits per heavy atom. The zero-order valence-electron chi connectivity index (χ0n) is 12.9. The van der Waals surface area contributed by atoms with Crippen LogP contribution in [0, 0.1) is 13.8 Å². The van der Waals surface area contributed by atoms with Crippen molar-refractivity contribution in [3.63, 3.8) is 0 Å². The molecule has 116 valence electrons. The summed E-state index contributed by atoms with van der Waals surface area (Å²) in [5.74, 6) is -0.145. The second kappa shape index (κ2) is 6.32. The molecule has 2 aromatic rings. The van der Waals surface area contributed by atoms with Crippen LogP contribution in [-0.2, 0) is 9.84 Å². The Morgan fingerprint density at radius 2 is 1.68 bits per heavy atom. The van der Waals surface area contributed by atoms with Crippen LogP contribution >= 0.6 is 0 Å². The van der Waals surface area contributed by atoms with Crippen LogP contribution in [0.15, 0.2) is 47.4 Å². The first-order valence-corrected chi connectivity index (χ1v) is 8.70. The van der Waals surface area contributed by atoms with E-state index in [9.17, 15) is 13.2 Å². The van der Waals surface area contributed by atoms with Crippen molar-refractivity contribution in [1.29, 1.82) is 0 Å². The highest BCUT2D eigenvalue weighted by Gasteiger charge is 2.12. The van der Waals surface area contributed by atoms with Gasteiger partial charge in [0, 0.05) is 11.3 Å². The van der Waals surface area contributed by atoms with Crippen LogP contribution in [0.5, 0.6) is 0 Å².